The number of para-hydroxylation sites is 1. The molecular formula is C21H21F3N6O2. The summed E-state index contributed by atoms with van der Waals surface area (Å²) in [5.74, 6) is -3.13. The molecule has 0 aliphatic rings. The first-order valence-electron chi connectivity index (χ1n) is 9.81. The molecule has 0 aliphatic heterocycles. The molecule has 1 unspecified atom stereocenters. The second kappa shape index (κ2) is 10.0. The Morgan fingerprint density at radius 1 is 1.09 bits per heavy atom. The van der Waals surface area contributed by atoms with E-state index in [0.29, 0.717) is 11.4 Å². The number of halogens is 3. The molecule has 1 heterocycles. The van der Waals surface area contributed by atoms with E-state index in [9.17, 15) is 22.8 Å². The first-order chi connectivity index (χ1) is 15.3. The molecule has 168 valence electrons. The van der Waals surface area contributed by atoms with Crippen LogP contribution in [0.15, 0.2) is 42.5 Å². The molecule has 8 nitrogen and oxygen atoms in total. The smallest absolute Gasteiger partial charge is 0.248 e. The van der Waals surface area contributed by atoms with Gasteiger partial charge in [-0.05, 0) is 54.1 Å². The zero-order chi connectivity index (χ0) is 23.3. The molecule has 11 heteroatoms. The van der Waals surface area contributed by atoms with Crippen molar-refractivity contribution in [1.29, 1.82) is 0 Å². The maximum Gasteiger partial charge on any atom is 0.248 e. The van der Waals surface area contributed by atoms with Crippen LogP contribution in [0.25, 0.3) is 0 Å². The van der Waals surface area contributed by atoms with Gasteiger partial charge in [0.2, 0.25) is 11.8 Å². The van der Waals surface area contributed by atoms with E-state index in [-0.39, 0.29) is 13.0 Å². The van der Waals surface area contributed by atoms with Gasteiger partial charge in [0, 0.05) is 13.0 Å². The van der Waals surface area contributed by atoms with Crippen LogP contribution in [0, 0.1) is 24.4 Å². The number of likely N-dealkylation sites (N-methyl/N-ethyl adjacent to an activating group) is 1. The minimum Gasteiger partial charge on any atom is -0.332 e. The number of carbonyl (C=O) groups excluding carboxylic acids is 2. The van der Waals surface area contributed by atoms with Crippen LogP contribution in [0.2, 0.25) is 0 Å². The average molecular weight is 446 g/mol. The predicted octanol–water partition coefficient (Wildman–Crippen LogP) is 2.67. The summed E-state index contributed by atoms with van der Waals surface area (Å²) in [6, 6.07) is 7.93. The molecular weight excluding hydrogens is 425 g/mol. The van der Waals surface area contributed by atoms with Crippen LogP contribution < -0.4 is 5.32 Å². The van der Waals surface area contributed by atoms with Gasteiger partial charge >= 0.3 is 0 Å². The number of anilines is 1. The second-order valence-corrected chi connectivity index (χ2v) is 7.01. The van der Waals surface area contributed by atoms with E-state index in [0.717, 1.165) is 12.1 Å². The largest absolute Gasteiger partial charge is 0.332 e. The molecule has 0 bridgehead atoms. The number of nitrogens with zero attached hydrogens (tertiary/aromatic N) is 5. The number of aryl methyl sites for hydroxylation is 1. The first-order valence-corrected chi connectivity index (χ1v) is 9.81. The number of amides is 2. The Labute approximate surface area is 182 Å². The summed E-state index contributed by atoms with van der Waals surface area (Å²) in [5, 5.41) is 13.4. The zero-order valence-corrected chi connectivity index (χ0v) is 17.4. The monoisotopic (exact) mass is 446 g/mol. The van der Waals surface area contributed by atoms with Gasteiger partial charge in [-0.1, -0.05) is 18.2 Å². The van der Waals surface area contributed by atoms with Crippen molar-refractivity contribution >= 4 is 17.5 Å². The first kappa shape index (κ1) is 22.9. The molecule has 0 fully saturated rings. The highest BCUT2D eigenvalue weighted by atomic mass is 19.1. The van der Waals surface area contributed by atoms with Crippen LogP contribution >= 0.6 is 0 Å². The quantitative estimate of drug-likeness (QED) is 0.574. The van der Waals surface area contributed by atoms with Crippen LogP contribution in [0.1, 0.15) is 24.4 Å². The number of hydrogen-bond donors (Lipinski definition) is 1. The number of rotatable bonds is 8. The average Bonchev–Trinajstić information content (AvgIpc) is 3.19. The SMILES string of the molecule is CCN(CC(=O)Nc1c(F)cccc1F)C(=O)C(Cc1ccc(F)cc1)n1nnnc1C. The third kappa shape index (κ3) is 5.29. The van der Waals surface area contributed by atoms with Crippen LogP contribution in [0.3, 0.4) is 0 Å². The van der Waals surface area contributed by atoms with Crippen molar-refractivity contribution in [2.24, 2.45) is 0 Å². The molecule has 1 atom stereocenters. The van der Waals surface area contributed by atoms with Gasteiger partial charge in [0.05, 0.1) is 6.54 Å². The third-order valence-corrected chi connectivity index (χ3v) is 4.83. The second-order valence-electron chi connectivity index (χ2n) is 7.01. The van der Waals surface area contributed by atoms with Crippen molar-refractivity contribution in [2.45, 2.75) is 26.3 Å². The lowest BCUT2D eigenvalue weighted by molar-refractivity contribution is -0.137. The van der Waals surface area contributed by atoms with Gasteiger partial charge in [-0.15, -0.1) is 5.10 Å². The normalized spacial score (nSPS) is 11.8. The van der Waals surface area contributed by atoms with E-state index in [4.69, 9.17) is 0 Å². The van der Waals surface area contributed by atoms with Gasteiger partial charge in [-0.3, -0.25) is 9.59 Å². The number of hydrogen-bond acceptors (Lipinski definition) is 5. The highest BCUT2D eigenvalue weighted by molar-refractivity contribution is 5.95. The molecule has 0 spiro atoms. The number of tetrazole rings is 1. The van der Waals surface area contributed by atoms with E-state index >= 15 is 0 Å². The van der Waals surface area contributed by atoms with Crippen molar-refractivity contribution in [3.8, 4) is 0 Å². The summed E-state index contributed by atoms with van der Waals surface area (Å²) in [6.07, 6.45) is 0.144. The Kier molecular flexibility index (Phi) is 7.18. The molecule has 3 rings (SSSR count). The van der Waals surface area contributed by atoms with Crippen LogP contribution in [0.4, 0.5) is 18.9 Å². The summed E-state index contributed by atoms with van der Waals surface area (Å²) in [7, 11) is 0. The highest BCUT2D eigenvalue weighted by Gasteiger charge is 2.29. The third-order valence-electron chi connectivity index (χ3n) is 4.83. The molecule has 3 aromatic rings. The van der Waals surface area contributed by atoms with Gasteiger partial charge in [0.1, 0.15) is 35.0 Å². The van der Waals surface area contributed by atoms with E-state index < -0.39 is 47.5 Å². The summed E-state index contributed by atoms with van der Waals surface area (Å²) in [4.78, 5) is 27.0. The Morgan fingerprint density at radius 2 is 1.75 bits per heavy atom. The van der Waals surface area contributed by atoms with E-state index in [2.05, 4.69) is 20.8 Å². The molecule has 0 radical (unpaired) electrons. The molecule has 1 aromatic heterocycles. The fourth-order valence-electron chi connectivity index (χ4n) is 3.17. The van der Waals surface area contributed by atoms with Crippen molar-refractivity contribution in [1.82, 2.24) is 25.1 Å². The fourth-order valence-corrected chi connectivity index (χ4v) is 3.17. The Hall–Kier alpha value is -3.76. The van der Waals surface area contributed by atoms with Crippen molar-refractivity contribution in [2.75, 3.05) is 18.4 Å². The predicted molar refractivity (Wildman–Crippen MR) is 109 cm³/mol. The van der Waals surface area contributed by atoms with Gasteiger partial charge in [0.15, 0.2) is 0 Å². The lowest BCUT2D eigenvalue weighted by Gasteiger charge is -2.26. The zero-order valence-electron chi connectivity index (χ0n) is 17.4. The molecule has 0 saturated heterocycles. The summed E-state index contributed by atoms with van der Waals surface area (Å²) in [5.41, 5.74) is 0.0776. The van der Waals surface area contributed by atoms with Crippen molar-refractivity contribution in [3.63, 3.8) is 0 Å². The minimum atomic E-state index is -0.925. The van der Waals surface area contributed by atoms with E-state index in [1.54, 1.807) is 26.0 Å². The van der Waals surface area contributed by atoms with Gasteiger partial charge < -0.3 is 10.2 Å². The number of nitrogens with one attached hydrogen (secondary N) is 1. The van der Waals surface area contributed by atoms with Crippen LogP contribution in [0.5, 0.6) is 0 Å². The molecule has 32 heavy (non-hydrogen) atoms. The maximum absolute atomic E-state index is 13.8. The van der Waals surface area contributed by atoms with Crippen LogP contribution in [-0.2, 0) is 16.0 Å². The molecule has 0 aliphatic carbocycles. The minimum absolute atomic E-state index is 0.144. The Bertz CT molecular complexity index is 1080. The highest BCUT2D eigenvalue weighted by Crippen LogP contribution is 2.20. The van der Waals surface area contributed by atoms with Crippen LogP contribution in [-0.4, -0.2) is 50.0 Å². The van der Waals surface area contributed by atoms with Gasteiger partial charge in [-0.25, -0.2) is 17.9 Å². The number of carbonyl (C=O) groups is 2. The molecule has 1 N–H and O–H groups in total. The standard InChI is InChI=1S/C21H21F3N6O2/c1-3-29(12-19(31)25-20-16(23)5-4-6-17(20)24)21(32)18(30-13(2)26-27-28-30)11-14-7-9-15(22)10-8-14/h4-10,18H,3,11-12H2,1-2H3,(H,25,31). The topological polar surface area (TPSA) is 93.0 Å². The van der Waals surface area contributed by atoms with Crippen molar-refractivity contribution in [3.05, 3.63) is 71.3 Å². The number of aromatic nitrogens is 4. The summed E-state index contributed by atoms with van der Waals surface area (Å²) in [6.45, 7) is 2.99. The molecule has 2 aromatic carbocycles. The Balaban J connectivity index is 1.80. The fraction of sp³-hybridized carbons (Fsp3) is 0.286. The van der Waals surface area contributed by atoms with Crippen molar-refractivity contribution < 1.29 is 22.8 Å². The lowest BCUT2D eigenvalue weighted by atomic mass is 10.0. The maximum atomic E-state index is 13.8. The summed E-state index contributed by atoms with van der Waals surface area (Å²) < 4.78 is 42.3. The van der Waals surface area contributed by atoms with Gasteiger partial charge in [-0.2, -0.15) is 0 Å². The van der Waals surface area contributed by atoms with Gasteiger partial charge in [0.25, 0.3) is 0 Å². The number of benzene rings is 2. The molecule has 0 saturated carbocycles. The Morgan fingerprint density at radius 3 is 2.31 bits per heavy atom. The molecule has 2 amide bonds. The summed E-state index contributed by atoms with van der Waals surface area (Å²) >= 11 is 0. The lowest BCUT2D eigenvalue weighted by Crippen LogP contribution is -2.43. The van der Waals surface area contributed by atoms with E-state index in [1.165, 1.54) is 27.8 Å². The van der Waals surface area contributed by atoms with E-state index in [1.807, 2.05) is 0 Å².